The molecule has 0 saturated heterocycles. The molecule has 0 N–H and O–H groups in total. The number of allylic oxidation sites excluding steroid dienone is 1. The van der Waals surface area contributed by atoms with Crippen LogP contribution >= 0.6 is 0 Å². The summed E-state index contributed by atoms with van der Waals surface area (Å²) >= 11 is 0. The fraction of sp³-hybridized carbons (Fsp3) is 0.0571. The molecular formula is C35H26N2. The lowest BCUT2D eigenvalue weighted by atomic mass is 9.87. The highest BCUT2D eigenvalue weighted by molar-refractivity contribution is 6.10. The Bertz CT molecular complexity index is 1720. The van der Waals surface area contributed by atoms with Crippen LogP contribution in [0.3, 0.4) is 0 Å². The molecule has 1 aromatic heterocycles. The molecule has 5 aromatic carbocycles. The Morgan fingerprint density at radius 3 is 1.84 bits per heavy atom. The van der Waals surface area contributed by atoms with Crippen molar-refractivity contribution in [3.8, 4) is 11.1 Å². The Balaban J connectivity index is 1.40. The van der Waals surface area contributed by atoms with Gasteiger partial charge in [-0.2, -0.15) is 0 Å². The van der Waals surface area contributed by atoms with Crippen LogP contribution in [0.1, 0.15) is 23.2 Å². The van der Waals surface area contributed by atoms with E-state index in [1.54, 1.807) is 0 Å². The van der Waals surface area contributed by atoms with Crippen molar-refractivity contribution in [3.05, 3.63) is 157 Å². The van der Waals surface area contributed by atoms with Gasteiger partial charge in [0.15, 0.2) is 0 Å². The summed E-state index contributed by atoms with van der Waals surface area (Å²) in [5.41, 5.74) is 8.46. The van der Waals surface area contributed by atoms with E-state index in [-0.39, 0.29) is 12.1 Å². The predicted octanol–water partition coefficient (Wildman–Crippen LogP) is 8.80. The highest BCUT2D eigenvalue weighted by atomic mass is 15.1. The third-order valence-corrected chi connectivity index (χ3v) is 7.36. The maximum Gasteiger partial charge on any atom is 0.145 e. The van der Waals surface area contributed by atoms with Gasteiger partial charge in [-0.15, -0.1) is 0 Å². The van der Waals surface area contributed by atoms with E-state index >= 15 is 0 Å². The van der Waals surface area contributed by atoms with Crippen molar-refractivity contribution >= 4 is 27.5 Å². The summed E-state index contributed by atoms with van der Waals surface area (Å²) in [5, 5.41) is 2.52. The van der Waals surface area contributed by atoms with Crippen LogP contribution < -0.4 is 0 Å². The molecule has 0 bridgehead atoms. The van der Waals surface area contributed by atoms with Gasteiger partial charge >= 0.3 is 0 Å². The Labute approximate surface area is 216 Å². The van der Waals surface area contributed by atoms with Gasteiger partial charge in [0, 0.05) is 16.5 Å². The molecule has 0 aliphatic carbocycles. The quantitative estimate of drug-likeness (QED) is 0.237. The molecule has 1 aliphatic rings. The van der Waals surface area contributed by atoms with Gasteiger partial charge in [0.1, 0.15) is 6.17 Å². The molecule has 37 heavy (non-hydrogen) atoms. The lowest BCUT2D eigenvalue weighted by Gasteiger charge is -2.18. The van der Waals surface area contributed by atoms with Crippen molar-refractivity contribution in [2.75, 3.05) is 0 Å². The Morgan fingerprint density at radius 2 is 1.14 bits per heavy atom. The van der Waals surface area contributed by atoms with E-state index in [1.807, 2.05) is 0 Å². The Hall–Kier alpha value is -4.69. The van der Waals surface area contributed by atoms with Crippen molar-refractivity contribution in [2.45, 2.75) is 12.1 Å². The third-order valence-electron chi connectivity index (χ3n) is 7.36. The number of aliphatic imine (C=N–C) groups is 1. The van der Waals surface area contributed by atoms with Crippen LogP contribution in [-0.4, -0.2) is 10.3 Å². The number of nitrogens with zero attached hydrogens (tertiary/aromatic N) is 2. The molecule has 2 heteroatoms. The van der Waals surface area contributed by atoms with Crippen molar-refractivity contribution in [3.63, 3.8) is 0 Å². The summed E-state index contributed by atoms with van der Waals surface area (Å²) in [7, 11) is 0. The number of aromatic nitrogens is 1. The van der Waals surface area contributed by atoms with E-state index in [2.05, 4.69) is 150 Å². The van der Waals surface area contributed by atoms with Crippen LogP contribution in [0.25, 0.3) is 32.9 Å². The first kappa shape index (κ1) is 21.6. The molecule has 2 heterocycles. The number of hydrogen-bond donors (Lipinski definition) is 0. The standard InChI is InChI=1S/C35H26N2/c1-4-12-25(13-5-1)28-20-21-30-29-18-10-11-19-32(29)37(33(30)24-28)34-23-22-31(36-34)35(26-14-6-2-7-15-26)27-16-8-3-9-17-27/h1-24,34-35H. The molecule has 0 saturated carbocycles. The highest BCUT2D eigenvalue weighted by Crippen LogP contribution is 2.38. The monoisotopic (exact) mass is 474 g/mol. The number of benzene rings is 5. The number of fused-ring (bicyclic) bond motifs is 3. The van der Waals surface area contributed by atoms with Crippen LogP contribution in [0.2, 0.25) is 0 Å². The summed E-state index contributed by atoms with van der Waals surface area (Å²) in [6.45, 7) is 0. The summed E-state index contributed by atoms with van der Waals surface area (Å²) in [5.74, 6) is 0.0941. The van der Waals surface area contributed by atoms with E-state index < -0.39 is 0 Å². The van der Waals surface area contributed by atoms with Crippen LogP contribution in [0.4, 0.5) is 0 Å². The molecule has 0 radical (unpaired) electrons. The van der Waals surface area contributed by atoms with Gasteiger partial charge in [0.05, 0.1) is 17.0 Å². The van der Waals surface area contributed by atoms with Crippen LogP contribution in [-0.2, 0) is 0 Å². The normalized spacial score (nSPS) is 15.1. The van der Waals surface area contributed by atoms with Crippen molar-refractivity contribution in [2.24, 2.45) is 4.99 Å². The molecule has 0 spiro atoms. The van der Waals surface area contributed by atoms with Gasteiger partial charge < -0.3 is 4.57 Å². The van der Waals surface area contributed by atoms with Crippen LogP contribution in [0.5, 0.6) is 0 Å². The van der Waals surface area contributed by atoms with Crippen LogP contribution in [0.15, 0.2) is 151 Å². The molecule has 6 aromatic rings. The zero-order chi connectivity index (χ0) is 24.6. The predicted molar refractivity (Wildman–Crippen MR) is 155 cm³/mol. The minimum absolute atomic E-state index is 0.0941. The molecule has 1 atom stereocenters. The topological polar surface area (TPSA) is 17.3 Å². The van der Waals surface area contributed by atoms with E-state index in [0.29, 0.717) is 0 Å². The Kier molecular flexibility index (Phi) is 5.29. The second-order valence-electron chi connectivity index (χ2n) is 9.57. The van der Waals surface area contributed by atoms with E-state index in [1.165, 1.54) is 44.1 Å². The van der Waals surface area contributed by atoms with Crippen LogP contribution in [0, 0.1) is 0 Å². The first-order valence-electron chi connectivity index (χ1n) is 12.8. The van der Waals surface area contributed by atoms with E-state index in [4.69, 9.17) is 4.99 Å². The first-order valence-corrected chi connectivity index (χ1v) is 12.8. The second kappa shape index (κ2) is 9.07. The summed E-state index contributed by atoms with van der Waals surface area (Å²) < 4.78 is 2.40. The third kappa shape index (κ3) is 3.78. The first-order chi connectivity index (χ1) is 18.4. The molecular weight excluding hydrogens is 448 g/mol. The SMILES string of the molecule is C1=CC(n2c3ccccc3c3ccc(-c4ccccc4)cc32)N=C1C(c1ccccc1)c1ccccc1. The molecule has 1 unspecified atom stereocenters. The number of rotatable bonds is 5. The zero-order valence-electron chi connectivity index (χ0n) is 20.4. The Morgan fingerprint density at radius 1 is 0.541 bits per heavy atom. The van der Waals surface area contributed by atoms with Gasteiger partial charge in [-0.3, -0.25) is 4.99 Å². The summed E-state index contributed by atoms with van der Waals surface area (Å²) in [6, 6.07) is 47.5. The summed E-state index contributed by atoms with van der Waals surface area (Å²) in [6.07, 6.45) is 4.37. The van der Waals surface area contributed by atoms with Gasteiger partial charge in [-0.1, -0.05) is 121 Å². The minimum atomic E-state index is -0.0988. The average molecular weight is 475 g/mol. The average Bonchev–Trinajstić information content (AvgIpc) is 3.57. The lowest BCUT2D eigenvalue weighted by Crippen LogP contribution is -2.11. The molecule has 176 valence electrons. The zero-order valence-corrected chi connectivity index (χ0v) is 20.4. The number of para-hydroxylation sites is 1. The fourth-order valence-corrected chi connectivity index (χ4v) is 5.66. The molecule has 1 aliphatic heterocycles. The fourth-order valence-electron chi connectivity index (χ4n) is 5.66. The van der Waals surface area contributed by atoms with Gasteiger partial charge in [0.25, 0.3) is 0 Å². The smallest absolute Gasteiger partial charge is 0.145 e. The van der Waals surface area contributed by atoms with Crippen molar-refractivity contribution in [1.29, 1.82) is 0 Å². The van der Waals surface area contributed by atoms with E-state index in [0.717, 1.165) is 5.71 Å². The largest absolute Gasteiger partial charge is 0.314 e. The second-order valence-corrected chi connectivity index (χ2v) is 9.57. The molecule has 0 fully saturated rings. The maximum absolute atomic E-state index is 5.35. The van der Waals surface area contributed by atoms with E-state index in [9.17, 15) is 0 Å². The van der Waals surface area contributed by atoms with Gasteiger partial charge in [-0.05, 0) is 46.5 Å². The van der Waals surface area contributed by atoms with Crippen molar-refractivity contribution < 1.29 is 0 Å². The maximum atomic E-state index is 5.35. The van der Waals surface area contributed by atoms with Crippen molar-refractivity contribution in [1.82, 2.24) is 4.57 Å². The highest BCUT2D eigenvalue weighted by Gasteiger charge is 2.25. The number of hydrogen-bond acceptors (Lipinski definition) is 1. The molecule has 0 amide bonds. The molecule has 7 rings (SSSR count). The minimum Gasteiger partial charge on any atom is -0.314 e. The summed E-state index contributed by atoms with van der Waals surface area (Å²) in [4.78, 5) is 5.35. The van der Waals surface area contributed by atoms with Gasteiger partial charge in [-0.25, -0.2) is 0 Å². The molecule has 2 nitrogen and oxygen atoms in total. The van der Waals surface area contributed by atoms with Gasteiger partial charge in [0.2, 0.25) is 0 Å². The lowest BCUT2D eigenvalue weighted by molar-refractivity contribution is 0.687.